The van der Waals surface area contributed by atoms with E-state index in [1.807, 2.05) is 42.5 Å². The number of ketones is 1. The highest BCUT2D eigenvalue weighted by Crippen LogP contribution is 2.45. The van der Waals surface area contributed by atoms with Crippen molar-refractivity contribution in [1.82, 2.24) is 19.6 Å². The van der Waals surface area contributed by atoms with Crippen LogP contribution in [0.15, 0.2) is 60.1 Å². The number of rotatable bonds is 7. The lowest BCUT2D eigenvalue weighted by Crippen LogP contribution is -2.22. The van der Waals surface area contributed by atoms with Gasteiger partial charge in [0.2, 0.25) is 5.88 Å². The second-order valence-corrected chi connectivity index (χ2v) is 8.46. The van der Waals surface area contributed by atoms with E-state index in [1.165, 1.54) is 6.92 Å². The first-order valence-electron chi connectivity index (χ1n) is 11.4. The standard InChI is InChI=1S/C27H26N4O5/c1-15(32)23-16(2)36-27-25(24(23)18-8-11-20(34-4)21(13-18)35-5)26-29-22(30-31(26)14-28-27)12-17-6-9-19(33-3)10-7-17/h6-11,13-14,24H,12H2,1-5H3/t24-/m0/s1. The van der Waals surface area contributed by atoms with Gasteiger partial charge in [-0.2, -0.15) is 0 Å². The number of methoxy groups -OCH3 is 3. The summed E-state index contributed by atoms with van der Waals surface area (Å²) >= 11 is 0. The molecule has 36 heavy (non-hydrogen) atoms. The Morgan fingerprint density at radius 1 is 1.03 bits per heavy atom. The number of Topliss-reactive ketones (excluding diaryl/α,β-unsaturated/α-hetero) is 1. The number of hydrogen-bond donors (Lipinski definition) is 0. The van der Waals surface area contributed by atoms with Crippen LogP contribution in [0, 0.1) is 0 Å². The van der Waals surface area contributed by atoms with Gasteiger partial charge in [-0.15, -0.1) is 5.10 Å². The molecule has 2 aromatic heterocycles. The zero-order chi connectivity index (χ0) is 25.4. The summed E-state index contributed by atoms with van der Waals surface area (Å²) in [5.41, 5.74) is 3.66. The van der Waals surface area contributed by atoms with E-state index in [2.05, 4.69) is 10.1 Å². The highest BCUT2D eigenvalue weighted by molar-refractivity contribution is 5.97. The first kappa shape index (κ1) is 23.3. The van der Waals surface area contributed by atoms with E-state index in [4.69, 9.17) is 23.9 Å². The minimum atomic E-state index is -0.472. The average Bonchev–Trinajstić information content (AvgIpc) is 3.30. The number of aromatic nitrogens is 4. The van der Waals surface area contributed by atoms with E-state index >= 15 is 0 Å². The summed E-state index contributed by atoms with van der Waals surface area (Å²) in [6.07, 6.45) is 2.10. The van der Waals surface area contributed by atoms with Gasteiger partial charge in [0.25, 0.3) is 0 Å². The molecule has 0 N–H and O–H groups in total. The zero-order valence-electron chi connectivity index (χ0n) is 20.7. The van der Waals surface area contributed by atoms with Gasteiger partial charge in [0, 0.05) is 12.0 Å². The summed E-state index contributed by atoms with van der Waals surface area (Å²) in [6.45, 7) is 3.31. The van der Waals surface area contributed by atoms with E-state index in [0.717, 1.165) is 16.9 Å². The van der Waals surface area contributed by atoms with Gasteiger partial charge in [-0.25, -0.2) is 14.5 Å². The quantitative estimate of drug-likeness (QED) is 0.385. The summed E-state index contributed by atoms with van der Waals surface area (Å²) in [6, 6.07) is 13.4. The van der Waals surface area contributed by atoms with E-state index in [-0.39, 0.29) is 5.78 Å². The number of carbonyl (C=O) groups is 1. The maximum absolute atomic E-state index is 12.8. The Bertz CT molecular complexity index is 1490. The minimum Gasteiger partial charge on any atom is -0.497 e. The Morgan fingerprint density at radius 3 is 2.44 bits per heavy atom. The number of hydrogen-bond acceptors (Lipinski definition) is 8. The van der Waals surface area contributed by atoms with Crippen molar-refractivity contribution in [2.45, 2.75) is 26.2 Å². The SMILES string of the molecule is COc1ccc(Cc2nc3c4c(ncn3n2)OC(C)=C(C(C)=O)[C@@H]4c2ccc(OC)c(OC)c2)cc1. The van der Waals surface area contributed by atoms with E-state index in [9.17, 15) is 4.79 Å². The summed E-state index contributed by atoms with van der Waals surface area (Å²) < 4.78 is 23.8. The first-order valence-corrected chi connectivity index (χ1v) is 11.4. The van der Waals surface area contributed by atoms with Crippen molar-refractivity contribution in [2.24, 2.45) is 0 Å². The molecule has 5 rings (SSSR count). The van der Waals surface area contributed by atoms with Crippen molar-refractivity contribution in [2.75, 3.05) is 21.3 Å². The summed E-state index contributed by atoms with van der Waals surface area (Å²) in [7, 11) is 4.80. The molecule has 184 valence electrons. The van der Waals surface area contributed by atoms with Crippen molar-refractivity contribution in [3.8, 4) is 23.1 Å². The average molecular weight is 487 g/mol. The molecule has 0 fully saturated rings. The summed E-state index contributed by atoms with van der Waals surface area (Å²) in [5, 5.41) is 4.65. The monoisotopic (exact) mass is 486 g/mol. The summed E-state index contributed by atoms with van der Waals surface area (Å²) in [5.74, 6) is 2.89. The number of ether oxygens (including phenoxy) is 4. The van der Waals surface area contributed by atoms with Crippen LogP contribution < -0.4 is 18.9 Å². The maximum Gasteiger partial charge on any atom is 0.228 e. The first-order chi connectivity index (χ1) is 17.4. The molecule has 0 bridgehead atoms. The van der Waals surface area contributed by atoms with Gasteiger partial charge < -0.3 is 18.9 Å². The van der Waals surface area contributed by atoms with Crippen molar-refractivity contribution in [1.29, 1.82) is 0 Å². The Kier molecular flexibility index (Phi) is 6.05. The number of benzene rings is 2. The molecule has 9 heteroatoms. The van der Waals surface area contributed by atoms with Crippen molar-refractivity contribution < 1.29 is 23.7 Å². The number of fused-ring (bicyclic) bond motifs is 3. The molecule has 0 radical (unpaired) electrons. The van der Waals surface area contributed by atoms with E-state index in [1.54, 1.807) is 39.1 Å². The predicted molar refractivity (Wildman–Crippen MR) is 132 cm³/mol. The molecule has 1 atom stereocenters. The molecule has 0 aliphatic carbocycles. The minimum absolute atomic E-state index is 0.0992. The second-order valence-electron chi connectivity index (χ2n) is 8.46. The zero-order valence-corrected chi connectivity index (χ0v) is 20.7. The third-order valence-electron chi connectivity index (χ3n) is 6.28. The Labute approximate surface area is 208 Å². The van der Waals surface area contributed by atoms with Crippen LogP contribution in [0.1, 0.15) is 42.3 Å². The topological polar surface area (TPSA) is 97.1 Å². The number of nitrogens with zero attached hydrogens (tertiary/aromatic N) is 4. The van der Waals surface area contributed by atoms with E-state index in [0.29, 0.717) is 52.2 Å². The summed E-state index contributed by atoms with van der Waals surface area (Å²) in [4.78, 5) is 22.2. The smallest absolute Gasteiger partial charge is 0.228 e. The Morgan fingerprint density at radius 2 is 1.78 bits per heavy atom. The number of allylic oxidation sites excluding steroid dienone is 2. The lowest BCUT2D eigenvalue weighted by atomic mass is 9.81. The molecule has 1 aliphatic heterocycles. The molecule has 0 saturated carbocycles. The van der Waals surface area contributed by atoms with Gasteiger partial charge >= 0.3 is 0 Å². The van der Waals surface area contributed by atoms with Crippen molar-refractivity contribution >= 4 is 11.4 Å². The van der Waals surface area contributed by atoms with Crippen molar-refractivity contribution in [3.05, 3.63) is 82.6 Å². The second kappa shape index (κ2) is 9.33. The molecule has 9 nitrogen and oxygen atoms in total. The third-order valence-corrected chi connectivity index (χ3v) is 6.28. The molecule has 0 unspecified atom stereocenters. The molecule has 0 saturated heterocycles. The molecule has 0 spiro atoms. The molecule has 0 amide bonds. The van der Waals surface area contributed by atoms with Crippen LogP contribution in [0.4, 0.5) is 0 Å². The lowest BCUT2D eigenvalue weighted by Gasteiger charge is -2.28. The fourth-order valence-electron chi connectivity index (χ4n) is 4.60. The molecular formula is C27H26N4O5. The van der Waals surface area contributed by atoms with Crippen LogP contribution in [-0.4, -0.2) is 46.7 Å². The van der Waals surface area contributed by atoms with Crippen LogP contribution in [0.3, 0.4) is 0 Å². The van der Waals surface area contributed by atoms with Crippen LogP contribution in [0.2, 0.25) is 0 Å². The van der Waals surface area contributed by atoms with Gasteiger partial charge in [0.15, 0.2) is 28.8 Å². The van der Waals surface area contributed by atoms with Crippen LogP contribution in [0.25, 0.3) is 5.65 Å². The highest BCUT2D eigenvalue weighted by Gasteiger charge is 2.36. The normalized spacial score (nSPS) is 14.9. The van der Waals surface area contributed by atoms with Gasteiger partial charge in [0.05, 0.1) is 32.8 Å². The van der Waals surface area contributed by atoms with Gasteiger partial charge in [0.1, 0.15) is 17.8 Å². The fourth-order valence-corrected chi connectivity index (χ4v) is 4.60. The fraction of sp³-hybridized carbons (Fsp3) is 0.259. The van der Waals surface area contributed by atoms with Crippen molar-refractivity contribution in [3.63, 3.8) is 0 Å². The number of carbonyl (C=O) groups excluding carboxylic acids is 1. The Balaban J connectivity index is 1.66. The van der Waals surface area contributed by atoms with E-state index < -0.39 is 5.92 Å². The van der Waals surface area contributed by atoms with Crippen LogP contribution >= 0.6 is 0 Å². The largest absolute Gasteiger partial charge is 0.497 e. The van der Waals surface area contributed by atoms with Gasteiger partial charge in [-0.3, -0.25) is 4.79 Å². The molecule has 1 aliphatic rings. The molecule has 2 aromatic carbocycles. The lowest BCUT2D eigenvalue weighted by molar-refractivity contribution is -0.114. The van der Waals surface area contributed by atoms with Crippen LogP contribution in [-0.2, 0) is 11.2 Å². The molecule has 4 aromatic rings. The third kappa shape index (κ3) is 4.02. The maximum atomic E-state index is 12.8. The van der Waals surface area contributed by atoms with Gasteiger partial charge in [-0.1, -0.05) is 18.2 Å². The van der Waals surface area contributed by atoms with Crippen LogP contribution in [0.5, 0.6) is 23.1 Å². The predicted octanol–water partition coefficient (Wildman–Crippen LogP) is 4.13. The molecule has 3 heterocycles. The molecular weight excluding hydrogens is 460 g/mol. The Hall–Kier alpha value is -4.40. The van der Waals surface area contributed by atoms with Gasteiger partial charge in [-0.05, 0) is 49.2 Å². The highest BCUT2D eigenvalue weighted by atomic mass is 16.5.